The zero-order valence-electron chi connectivity index (χ0n) is 8.19. The molecule has 0 fully saturated rings. The summed E-state index contributed by atoms with van der Waals surface area (Å²) < 4.78 is 6.84. The van der Waals surface area contributed by atoms with Gasteiger partial charge in [0.1, 0.15) is 5.82 Å². The Labute approximate surface area is 77.7 Å². The fourth-order valence-electron chi connectivity index (χ4n) is 1.11. The van der Waals surface area contributed by atoms with Crippen LogP contribution in [0, 0.1) is 0 Å². The van der Waals surface area contributed by atoms with Crippen LogP contribution in [0.5, 0.6) is 0 Å². The van der Waals surface area contributed by atoms with E-state index in [1.54, 1.807) is 18.0 Å². The number of methoxy groups -OCH3 is 1. The SMILES string of the molecule is COC(C)C(C)n1ncc(N)c1N. The average Bonchev–Trinajstić information content (AvgIpc) is 2.45. The summed E-state index contributed by atoms with van der Waals surface area (Å²) in [6, 6.07) is 0.0855. The minimum absolute atomic E-state index is 0.0570. The van der Waals surface area contributed by atoms with Gasteiger partial charge in [-0.1, -0.05) is 0 Å². The Morgan fingerprint density at radius 3 is 2.46 bits per heavy atom. The lowest BCUT2D eigenvalue weighted by atomic mass is 10.2. The van der Waals surface area contributed by atoms with E-state index in [4.69, 9.17) is 16.2 Å². The number of hydrogen-bond acceptors (Lipinski definition) is 4. The number of hydrogen-bond donors (Lipinski definition) is 2. The molecule has 1 aromatic heterocycles. The smallest absolute Gasteiger partial charge is 0.145 e. The van der Waals surface area contributed by atoms with Crippen molar-refractivity contribution >= 4 is 11.5 Å². The second-order valence-electron chi connectivity index (χ2n) is 3.11. The Balaban J connectivity index is 2.88. The Bertz CT molecular complexity index is 284. The van der Waals surface area contributed by atoms with E-state index in [1.807, 2.05) is 13.8 Å². The molecular weight excluding hydrogens is 168 g/mol. The van der Waals surface area contributed by atoms with E-state index in [2.05, 4.69) is 5.10 Å². The maximum absolute atomic E-state index is 5.72. The molecule has 4 N–H and O–H groups in total. The quantitative estimate of drug-likeness (QED) is 0.722. The third kappa shape index (κ3) is 1.75. The van der Waals surface area contributed by atoms with Crippen molar-refractivity contribution in [3.63, 3.8) is 0 Å². The predicted molar refractivity (Wildman–Crippen MR) is 52.2 cm³/mol. The maximum Gasteiger partial charge on any atom is 0.145 e. The number of aromatic nitrogens is 2. The molecule has 5 heteroatoms. The summed E-state index contributed by atoms with van der Waals surface area (Å²) in [6.45, 7) is 3.94. The first-order valence-electron chi connectivity index (χ1n) is 4.19. The number of ether oxygens (including phenoxy) is 1. The van der Waals surface area contributed by atoms with Crippen LogP contribution in [0.15, 0.2) is 6.20 Å². The lowest BCUT2D eigenvalue weighted by Gasteiger charge is -2.19. The van der Waals surface area contributed by atoms with Crippen LogP contribution in [0.25, 0.3) is 0 Å². The van der Waals surface area contributed by atoms with Gasteiger partial charge in [0.05, 0.1) is 24.0 Å². The summed E-state index contributed by atoms with van der Waals surface area (Å²) >= 11 is 0. The Hall–Kier alpha value is -1.23. The molecule has 0 aliphatic carbocycles. The molecule has 2 atom stereocenters. The van der Waals surface area contributed by atoms with Gasteiger partial charge in [0.2, 0.25) is 0 Å². The van der Waals surface area contributed by atoms with E-state index >= 15 is 0 Å². The molecule has 0 saturated heterocycles. The van der Waals surface area contributed by atoms with Crippen molar-refractivity contribution in [3.8, 4) is 0 Å². The van der Waals surface area contributed by atoms with Crippen LogP contribution >= 0.6 is 0 Å². The number of nitrogens with zero attached hydrogens (tertiary/aromatic N) is 2. The van der Waals surface area contributed by atoms with Crippen LogP contribution in [0.3, 0.4) is 0 Å². The second kappa shape index (κ2) is 3.66. The normalized spacial score (nSPS) is 15.6. The summed E-state index contributed by atoms with van der Waals surface area (Å²) in [7, 11) is 1.66. The molecule has 0 aromatic carbocycles. The first-order valence-corrected chi connectivity index (χ1v) is 4.19. The van der Waals surface area contributed by atoms with Gasteiger partial charge in [-0.05, 0) is 13.8 Å². The first-order chi connectivity index (χ1) is 6.07. The molecular formula is C8H16N4O. The molecule has 0 saturated carbocycles. The molecule has 2 unspecified atom stereocenters. The van der Waals surface area contributed by atoms with E-state index in [-0.39, 0.29) is 12.1 Å². The van der Waals surface area contributed by atoms with Gasteiger partial charge in [0.25, 0.3) is 0 Å². The van der Waals surface area contributed by atoms with Crippen LogP contribution in [0.2, 0.25) is 0 Å². The molecule has 74 valence electrons. The summed E-state index contributed by atoms with van der Waals surface area (Å²) in [5.41, 5.74) is 11.8. The fourth-order valence-corrected chi connectivity index (χ4v) is 1.11. The average molecular weight is 184 g/mol. The number of anilines is 2. The number of nitrogen functional groups attached to an aromatic ring is 2. The molecule has 13 heavy (non-hydrogen) atoms. The third-order valence-electron chi connectivity index (χ3n) is 2.30. The highest BCUT2D eigenvalue weighted by Crippen LogP contribution is 2.21. The topological polar surface area (TPSA) is 79.1 Å². The van der Waals surface area contributed by atoms with E-state index in [0.717, 1.165) is 0 Å². The van der Waals surface area contributed by atoms with Crippen molar-refractivity contribution < 1.29 is 4.74 Å². The lowest BCUT2D eigenvalue weighted by Crippen LogP contribution is -2.22. The van der Waals surface area contributed by atoms with Gasteiger partial charge in [-0.3, -0.25) is 0 Å². The summed E-state index contributed by atoms with van der Waals surface area (Å²) in [5, 5.41) is 4.07. The van der Waals surface area contributed by atoms with Crippen molar-refractivity contribution in [2.24, 2.45) is 0 Å². The van der Waals surface area contributed by atoms with Crippen LogP contribution < -0.4 is 11.5 Å². The van der Waals surface area contributed by atoms with Gasteiger partial charge >= 0.3 is 0 Å². The van der Waals surface area contributed by atoms with E-state index in [0.29, 0.717) is 11.5 Å². The minimum atomic E-state index is 0.0570. The summed E-state index contributed by atoms with van der Waals surface area (Å²) in [5.74, 6) is 0.497. The van der Waals surface area contributed by atoms with E-state index in [1.165, 1.54) is 0 Å². The minimum Gasteiger partial charge on any atom is -0.394 e. The van der Waals surface area contributed by atoms with Crippen LogP contribution in [-0.2, 0) is 4.74 Å². The molecule has 1 heterocycles. The molecule has 0 bridgehead atoms. The largest absolute Gasteiger partial charge is 0.394 e. The number of nitrogens with two attached hydrogens (primary N) is 2. The molecule has 0 radical (unpaired) electrons. The van der Waals surface area contributed by atoms with E-state index < -0.39 is 0 Å². The van der Waals surface area contributed by atoms with Gasteiger partial charge in [-0.15, -0.1) is 0 Å². The van der Waals surface area contributed by atoms with Crippen LogP contribution in [-0.4, -0.2) is 23.0 Å². The number of rotatable bonds is 3. The third-order valence-corrected chi connectivity index (χ3v) is 2.30. The monoisotopic (exact) mass is 184 g/mol. The molecule has 1 aromatic rings. The van der Waals surface area contributed by atoms with Gasteiger partial charge in [0, 0.05) is 7.11 Å². The van der Waals surface area contributed by atoms with Crippen LogP contribution in [0.1, 0.15) is 19.9 Å². The highest BCUT2D eigenvalue weighted by atomic mass is 16.5. The zero-order chi connectivity index (χ0) is 10.0. The van der Waals surface area contributed by atoms with Gasteiger partial charge < -0.3 is 16.2 Å². The highest BCUT2D eigenvalue weighted by molar-refractivity contribution is 5.57. The van der Waals surface area contributed by atoms with Crippen LogP contribution in [0.4, 0.5) is 11.5 Å². The highest BCUT2D eigenvalue weighted by Gasteiger charge is 2.17. The second-order valence-corrected chi connectivity index (χ2v) is 3.11. The first kappa shape index (κ1) is 9.85. The maximum atomic E-state index is 5.72. The van der Waals surface area contributed by atoms with Crippen molar-refractivity contribution in [3.05, 3.63) is 6.20 Å². The molecule has 0 amide bonds. The molecule has 0 spiro atoms. The molecule has 1 rings (SSSR count). The Morgan fingerprint density at radius 2 is 2.08 bits per heavy atom. The van der Waals surface area contributed by atoms with Crippen molar-refractivity contribution in [2.75, 3.05) is 18.6 Å². The Morgan fingerprint density at radius 1 is 1.46 bits per heavy atom. The predicted octanol–water partition coefficient (Wildman–Crippen LogP) is 0.643. The summed E-state index contributed by atoms with van der Waals surface area (Å²) in [4.78, 5) is 0. The van der Waals surface area contributed by atoms with Crippen molar-refractivity contribution in [1.82, 2.24) is 9.78 Å². The fraction of sp³-hybridized carbons (Fsp3) is 0.625. The molecule has 5 nitrogen and oxygen atoms in total. The molecule has 0 aliphatic heterocycles. The lowest BCUT2D eigenvalue weighted by molar-refractivity contribution is 0.0741. The zero-order valence-corrected chi connectivity index (χ0v) is 8.19. The van der Waals surface area contributed by atoms with E-state index in [9.17, 15) is 0 Å². The van der Waals surface area contributed by atoms with Crippen molar-refractivity contribution in [2.45, 2.75) is 26.0 Å². The molecule has 0 aliphatic rings. The summed E-state index contributed by atoms with van der Waals surface area (Å²) in [6.07, 6.45) is 1.61. The van der Waals surface area contributed by atoms with Crippen molar-refractivity contribution in [1.29, 1.82) is 0 Å². The van der Waals surface area contributed by atoms with Gasteiger partial charge in [0.15, 0.2) is 0 Å². The standard InChI is InChI=1S/C8H16N4O/c1-5(6(2)13-3)12-8(10)7(9)4-11-12/h4-6H,9-10H2,1-3H3. The van der Waals surface area contributed by atoms with Gasteiger partial charge in [-0.2, -0.15) is 5.10 Å². The Kier molecular flexibility index (Phi) is 2.77. The van der Waals surface area contributed by atoms with Gasteiger partial charge in [-0.25, -0.2) is 4.68 Å².